The number of nitrogens with one attached hydrogen (secondary N) is 2. The minimum absolute atomic E-state index is 0.0927. The summed E-state index contributed by atoms with van der Waals surface area (Å²) in [7, 11) is -4.00. The molecule has 0 unspecified atom stereocenters. The molecule has 1 aliphatic rings. The van der Waals surface area contributed by atoms with Gasteiger partial charge in [-0.1, -0.05) is 12.1 Å². The average Bonchev–Trinajstić information content (AvgIpc) is 3.16. The summed E-state index contributed by atoms with van der Waals surface area (Å²) >= 11 is 0. The van der Waals surface area contributed by atoms with Gasteiger partial charge < -0.3 is 14.8 Å². The SMILES string of the molecule is O=C(Nc1ccc2c(c1)OCO2)c1ccccc1NS(=O)(=O)c1ccc(F)cc1. The fourth-order valence-electron chi connectivity index (χ4n) is 2.76. The maximum Gasteiger partial charge on any atom is 0.261 e. The van der Waals surface area contributed by atoms with Crippen molar-refractivity contribution in [2.45, 2.75) is 4.90 Å². The van der Waals surface area contributed by atoms with Gasteiger partial charge in [0.05, 0.1) is 16.1 Å². The van der Waals surface area contributed by atoms with E-state index in [4.69, 9.17) is 9.47 Å². The first-order valence-corrected chi connectivity index (χ1v) is 9.99. The molecule has 0 bridgehead atoms. The zero-order chi connectivity index (χ0) is 20.4. The molecule has 3 aromatic rings. The van der Waals surface area contributed by atoms with Crippen LogP contribution in [0.5, 0.6) is 11.5 Å². The number of ether oxygens (including phenoxy) is 2. The highest BCUT2D eigenvalue weighted by molar-refractivity contribution is 7.92. The number of hydrogen-bond donors (Lipinski definition) is 2. The summed E-state index contributed by atoms with van der Waals surface area (Å²) in [6.45, 7) is 0.112. The fourth-order valence-corrected chi connectivity index (χ4v) is 3.84. The lowest BCUT2D eigenvalue weighted by Gasteiger charge is -2.13. The second-order valence-electron chi connectivity index (χ2n) is 6.13. The Morgan fingerprint density at radius 3 is 2.45 bits per heavy atom. The van der Waals surface area contributed by atoms with Gasteiger partial charge in [-0.3, -0.25) is 9.52 Å². The van der Waals surface area contributed by atoms with Crippen molar-refractivity contribution in [2.24, 2.45) is 0 Å². The number of carbonyl (C=O) groups excluding carboxylic acids is 1. The highest BCUT2D eigenvalue weighted by Crippen LogP contribution is 2.34. The molecule has 0 spiro atoms. The van der Waals surface area contributed by atoms with Crippen LogP contribution in [0.25, 0.3) is 0 Å². The normalized spacial score (nSPS) is 12.4. The number of carbonyl (C=O) groups is 1. The van der Waals surface area contributed by atoms with Gasteiger partial charge in [-0.05, 0) is 48.5 Å². The van der Waals surface area contributed by atoms with E-state index >= 15 is 0 Å². The lowest BCUT2D eigenvalue weighted by atomic mass is 10.1. The third kappa shape index (κ3) is 3.99. The molecule has 2 N–H and O–H groups in total. The van der Waals surface area contributed by atoms with Gasteiger partial charge in [0, 0.05) is 11.8 Å². The predicted molar refractivity (Wildman–Crippen MR) is 104 cm³/mol. The van der Waals surface area contributed by atoms with Crippen LogP contribution in [0.1, 0.15) is 10.4 Å². The smallest absolute Gasteiger partial charge is 0.261 e. The summed E-state index contributed by atoms with van der Waals surface area (Å²) in [5.74, 6) is 0.0253. The standard InChI is InChI=1S/C20H15FN2O5S/c21-13-5-8-15(9-6-13)29(25,26)23-17-4-2-1-3-16(17)20(24)22-14-7-10-18-19(11-14)28-12-27-18/h1-11,23H,12H2,(H,22,24). The third-order valence-electron chi connectivity index (χ3n) is 4.17. The Hall–Kier alpha value is -3.59. The van der Waals surface area contributed by atoms with Crippen LogP contribution in [-0.2, 0) is 10.0 Å². The van der Waals surface area contributed by atoms with E-state index in [0.717, 1.165) is 24.3 Å². The summed E-state index contributed by atoms with van der Waals surface area (Å²) in [6, 6.07) is 15.5. The molecule has 148 valence electrons. The molecular weight excluding hydrogens is 399 g/mol. The third-order valence-corrected chi connectivity index (χ3v) is 5.55. The number of halogens is 1. The van der Waals surface area contributed by atoms with Gasteiger partial charge in [-0.15, -0.1) is 0 Å². The molecule has 1 heterocycles. The van der Waals surface area contributed by atoms with Crippen molar-refractivity contribution in [3.05, 3.63) is 78.1 Å². The molecule has 3 aromatic carbocycles. The van der Waals surface area contributed by atoms with Crippen molar-refractivity contribution in [3.63, 3.8) is 0 Å². The summed E-state index contributed by atoms with van der Waals surface area (Å²) in [5, 5.41) is 2.70. The first kappa shape index (κ1) is 18.8. The maximum atomic E-state index is 13.1. The van der Waals surface area contributed by atoms with E-state index in [-0.39, 0.29) is 22.9 Å². The number of sulfonamides is 1. The Kier molecular flexibility index (Phi) is 4.81. The average molecular weight is 414 g/mol. The Balaban J connectivity index is 1.58. The number of anilines is 2. The Morgan fingerprint density at radius 1 is 0.931 bits per heavy atom. The number of hydrogen-bond acceptors (Lipinski definition) is 5. The van der Waals surface area contributed by atoms with Gasteiger partial charge in [0.25, 0.3) is 15.9 Å². The molecule has 0 aromatic heterocycles. The van der Waals surface area contributed by atoms with E-state index < -0.39 is 21.7 Å². The van der Waals surface area contributed by atoms with Crippen molar-refractivity contribution < 1.29 is 27.1 Å². The van der Waals surface area contributed by atoms with E-state index in [9.17, 15) is 17.6 Å². The topological polar surface area (TPSA) is 93.7 Å². The number of benzene rings is 3. The van der Waals surface area contributed by atoms with E-state index in [1.165, 1.54) is 12.1 Å². The molecule has 0 aliphatic carbocycles. The number of fused-ring (bicyclic) bond motifs is 1. The monoisotopic (exact) mass is 414 g/mol. The van der Waals surface area contributed by atoms with E-state index in [0.29, 0.717) is 17.2 Å². The van der Waals surface area contributed by atoms with Gasteiger partial charge in [0.1, 0.15) is 5.82 Å². The molecule has 7 nitrogen and oxygen atoms in total. The van der Waals surface area contributed by atoms with E-state index in [1.807, 2.05) is 0 Å². The zero-order valence-corrected chi connectivity index (χ0v) is 15.7. The van der Waals surface area contributed by atoms with Gasteiger partial charge in [-0.25, -0.2) is 12.8 Å². The Morgan fingerprint density at radius 2 is 1.66 bits per heavy atom. The van der Waals surface area contributed by atoms with Crippen molar-refractivity contribution >= 4 is 27.3 Å². The maximum absolute atomic E-state index is 13.1. The van der Waals surface area contributed by atoms with Crippen LogP contribution < -0.4 is 19.5 Å². The molecule has 0 saturated heterocycles. The second-order valence-corrected chi connectivity index (χ2v) is 7.81. The lowest BCUT2D eigenvalue weighted by Crippen LogP contribution is -2.18. The molecule has 0 fully saturated rings. The van der Waals surface area contributed by atoms with Crippen LogP contribution in [0.4, 0.5) is 15.8 Å². The molecular formula is C20H15FN2O5S. The summed E-state index contributed by atoms with van der Waals surface area (Å²) in [6.07, 6.45) is 0. The van der Waals surface area contributed by atoms with Gasteiger partial charge >= 0.3 is 0 Å². The zero-order valence-electron chi connectivity index (χ0n) is 14.9. The number of para-hydroxylation sites is 1. The highest BCUT2D eigenvalue weighted by atomic mass is 32.2. The van der Waals surface area contributed by atoms with Crippen LogP contribution in [0.15, 0.2) is 71.6 Å². The molecule has 1 aliphatic heterocycles. The van der Waals surface area contributed by atoms with Gasteiger partial charge in [-0.2, -0.15) is 0 Å². The molecule has 9 heteroatoms. The van der Waals surface area contributed by atoms with Crippen molar-refractivity contribution in [1.82, 2.24) is 0 Å². The summed E-state index contributed by atoms with van der Waals surface area (Å²) in [5.41, 5.74) is 0.682. The Bertz CT molecular complexity index is 1180. The quantitative estimate of drug-likeness (QED) is 0.665. The van der Waals surface area contributed by atoms with Crippen LogP contribution >= 0.6 is 0 Å². The van der Waals surface area contributed by atoms with Crippen molar-refractivity contribution in [1.29, 1.82) is 0 Å². The largest absolute Gasteiger partial charge is 0.454 e. The van der Waals surface area contributed by atoms with Crippen molar-refractivity contribution in [2.75, 3.05) is 16.8 Å². The van der Waals surface area contributed by atoms with Crippen LogP contribution in [0.3, 0.4) is 0 Å². The van der Waals surface area contributed by atoms with Crippen LogP contribution in [-0.4, -0.2) is 21.1 Å². The Labute approximate surface area is 166 Å². The molecule has 1 amide bonds. The van der Waals surface area contributed by atoms with Crippen LogP contribution in [0.2, 0.25) is 0 Å². The first-order chi connectivity index (χ1) is 13.9. The van der Waals surface area contributed by atoms with E-state index in [1.54, 1.807) is 30.3 Å². The summed E-state index contributed by atoms with van der Waals surface area (Å²) in [4.78, 5) is 12.6. The van der Waals surface area contributed by atoms with Gasteiger partial charge in [0.15, 0.2) is 11.5 Å². The second kappa shape index (κ2) is 7.44. The minimum Gasteiger partial charge on any atom is -0.454 e. The number of rotatable bonds is 5. The molecule has 29 heavy (non-hydrogen) atoms. The highest BCUT2D eigenvalue weighted by Gasteiger charge is 2.20. The molecule has 4 rings (SSSR count). The molecule has 0 atom stereocenters. The van der Waals surface area contributed by atoms with Gasteiger partial charge in [0.2, 0.25) is 6.79 Å². The molecule has 0 radical (unpaired) electrons. The summed E-state index contributed by atoms with van der Waals surface area (Å²) < 4.78 is 51.1. The number of amides is 1. The first-order valence-electron chi connectivity index (χ1n) is 8.51. The fraction of sp³-hybridized carbons (Fsp3) is 0.0500. The van der Waals surface area contributed by atoms with E-state index in [2.05, 4.69) is 10.0 Å². The molecule has 0 saturated carbocycles. The van der Waals surface area contributed by atoms with Crippen LogP contribution in [0, 0.1) is 5.82 Å². The predicted octanol–water partition coefficient (Wildman–Crippen LogP) is 3.61. The van der Waals surface area contributed by atoms with Crippen molar-refractivity contribution in [3.8, 4) is 11.5 Å². The lowest BCUT2D eigenvalue weighted by molar-refractivity contribution is 0.102. The minimum atomic E-state index is -4.00.